The fourth-order valence-corrected chi connectivity index (χ4v) is 3.84. The zero-order valence-corrected chi connectivity index (χ0v) is 16.0. The van der Waals surface area contributed by atoms with Gasteiger partial charge in [-0.1, -0.05) is 12.1 Å². The first-order valence-electron chi connectivity index (χ1n) is 9.67. The van der Waals surface area contributed by atoms with Crippen LogP contribution in [0.5, 0.6) is 0 Å². The van der Waals surface area contributed by atoms with Gasteiger partial charge >= 0.3 is 6.03 Å². The Balaban J connectivity index is 1.30. The number of nitrogens with zero attached hydrogens (tertiary/aromatic N) is 4. The van der Waals surface area contributed by atoms with E-state index in [1.165, 1.54) is 0 Å². The predicted octanol–water partition coefficient (Wildman–Crippen LogP) is 2.03. The molecule has 7 heteroatoms. The van der Waals surface area contributed by atoms with Gasteiger partial charge < -0.3 is 20.0 Å². The number of anilines is 2. The Morgan fingerprint density at radius 1 is 1.07 bits per heavy atom. The van der Waals surface area contributed by atoms with Gasteiger partial charge in [0.25, 0.3) is 0 Å². The minimum atomic E-state index is -0.154. The van der Waals surface area contributed by atoms with Crippen LogP contribution in [0.15, 0.2) is 48.8 Å². The van der Waals surface area contributed by atoms with Gasteiger partial charge in [0.05, 0.1) is 6.04 Å². The third kappa shape index (κ3) is 3.93. The van der Waals surface area contributed by atoms with Gasteiger partial charge in [-0.2, -0.15) is 0 Å². The number of amides is 3. The molecule has 0 saturated carbocycles. The summed E-state index contributed by atoms with van der Waals surface area (Å²) in [7, 11) is 0. The van der Waals surface area contributed by atoms with Crippen LogP contribution >= 0.6 is 0 Å². The Labute approximate surface area is 164 Å². The summed E-state index contributed by atoms with van der Waals surface area (Å²) < 4.78 is 0. The smallest absolute Gasteiger partial charge is 0.317 e. The van der Waals surface area contributed by atoms with E-state index in [2.05, 4.69) is 15.2 Å². The molecule has 3 amide bonds. The molecule has 146 valence electrons. The molecule has 1 aromatic heterocycles. The van der Waals surface area contributed by atoms with Crippen molar-refractivity contribution >= 4 is 23.3 Å². The predicted molar refractivity (Wildman–Crippen MR) is 108 cm³/mol. The average Bonchev–Trinajstić information content (AvgIpc) is 3.09. The highest BCUT2D eigenvalue weighted by molar-refractivity contribution is 5.96. The first-order chi connectivity index (χ1) is 13.6. The number of hydrogen-bond donors (Lipinski definition) is 1. The second-order valence-electron chi connectivity index (χ2n) is 7.37. The number of carbonyl (C=O) groups is 2. The topological polar surface area (TPSA) is 68.8 Å². The van der Waals surface area contributed by atoms with Crippen molar-refractivity contribution in [1.29, 1.82) is 0 Å². The Morgan fingerprint density at radius 3 is 2.54 bits per heavy atom. The van der Waals surface area contributed by atoms with Gasteiger partial charge in [0.2, 0.25) is 5.91 Å². The van der Waals surface area contributed by atoms with Crippen molar-refractivity contribution in [3.63, 3.8) is 0 Å². The largest absolute Gasteiger partial charge is 0.368 e. The fourth-order valence-electron chi connectivity index (χ4n) is 3.84. The van der Waals surface area contributed by atoms with E-state index in [4.69, 9.17) is 0 Å². The van der Waals surface area contributed by atoms with Gasteiger partial charge in [0.1, 0.15) is 0 Å². The normalized spacial score (nSPS) is 19.8. The van der Waals surface area contributed by atoms with E-state index in [1.807, 2.05) is 48.2 Å². The molecule has 0 unspecified atom stereocenters. The third-order valence-electron chi connectivity index (χ3n) is 5.36. The van der Waals surface area contributed by atoms with Gasteiger partial charge in [0, 0.05) is 62.9 Å². The summed E-state index contributed by atoms with van der Waals surface area (Å²) >= 11 is 0. The lowest BCUT2D eigenvalue weighted by Crippen LogP contribution is -2.53. The van der Waals surface area contributed by atoms with Gasteiger partial charge in [-0.3, -0.25) is 9.78 Å². The molecule has 7 nitrogen and oxygen atoms in total. The zero-order valence-electron chi connectivity index (χ0n) is 16.0. The maximum atomic E-state index is 12.7. The van der Waals surface area contributed by atoms with Crippen LogP contribution < -0.4 is 15.1 Å². The molecule has 4 rings (SSSR count). The summed E-state index contributed by atoms with van der Waals surface area (Å²) in [4.78, 5) is 35.0. The number of benzene rings is 1. The number of pyridine rings is 1. The van der Waals surface area contributed by atoms with Gasteiger partial charge in [-0.05, 0) is 36.8 Å². The minimum absolute atomic E-state index is 0.0541. The fraction of sp³-hybridized carbons (Fsp3) is 0.381. The van der Waals surface area contributed by atoms with Crippen molar-refractivity contribution in [2.45, 2.75) is 19.4 Å². The number of aryl methyl sites for hydroxylation is 1. The van der Waals surface area contributed by atoms with Crippen molar-refractivity contribution in [3.05, 3.63) is 54.4 Å². The molecule has 1 atom stereocenters. The van der Waals surface area contributed by atoms with Crippen LogP contribution in [0.2, 0.25) is 0 Å². The lowest BCUT2D eigenvalue weighted by molar-refractivity contribution is -0.117. The van der Waals surface area contributed by atoms with Crippen molar-refractivity contribution in [2.75, 3.05) is 42.5 Å². The van der Waals surface area contributed by atoms with Crippen LogP contribution in [0.3, 0.4) is 0 Å². The summed E-state index contributed by atoms with van der Waals surface area (Å²) in [6.45, 7) is 5.43. The lowest BCUT2D eigenvalue weighted by Gasteiger charge is -2.36. The van der Waals surface area contributed by atoms with E-state index >= 15 is 0 Å². The molecule has 1 N–H and O–H groups in total. The number of urea groups is 1. The number of aromatic nitrogens is 1. The lowest BCUT2D eigenvalue weighted by atomic mass is 10.2. The van der Waals surface area contributed by atoms with E-state index < -0.39 is 0 Å². The summed E-state index contributed by atoms with van der Waals surface area (Å²) in [5, 5.41) is 3.04. The number of nitrogens with one attached hydrogen (secondary N) is 1. The Bertz CT molecular complexity index is 849. The first-order valence-corrected chi connectivity index (χ1v) is 9.67. The van der Waals surface area contributed by atoms with Crippen molar-refractivity contribution < 1.29 is 9.59 Å². The number of hydrogen-bond acceptors (Lipinski definition) is 4. The van der Waals surface area contributed by atoms with E-state index in [1.54, 1.807) is 17.3 Å². The van der Waals surface area contributed by atoms with Crippen molar-refractivity contribution in [1.82, 2.24) is 15.2 Å². The first kappa shape index (κ1) is 18.3. The molecule has 2 fully saturated rings. The maximum Gasteiger partial charge on any atom is 0.317 e. The Morgan fingerprint density at radius 2 is 1.82 bits per heavy atom. The molecule has 0 aliphatic carbocycles. The minimum Gasteiger partial charge on any atom is -0.368 e. The Hall–Kier alpha value is -3.09. The third-order valence-corrected chi connectivity index (χ3v) is 5.36. The quantitative estimate of drug-likeness (QED) is 0.886. The van der Waals surface area contributed by atoms with E-state index in [0.29, 0.717) is 26.1 Å². The number of piperazine rings is 1. The molecule has 2 saturated heterocycles. The summed E-state index contributed by atoms with van der Waals surface area (Å²) in [6, 6.07) is 11.6. The van der Waals surface area contributed by atoms with E-state index in [-0.39, 0.29) is 18.0 Å². The highest BCUT2D eigenvalue weighted by atomic mass is 16.2. The molecule has 28 heavy (non-hydrogen) atoms. The second kappa shape index (κ2) is 7.88. The molecule has 3 heterocycles. The van der Waals surface area contributed by atoms with Crippen LogP contribution in [0.1, 0.15) is 12.0 Å². The van der Waals surface area contributed by atoms with Crippen molar-refractivity contribution in [2.24, 2.45) is 0 Å². The monoisotopic (exact) mass is 379 g/mol. The molecular formula is C21H25N5O2. The van der Waals surface area contributed by atoms with Crippen LogP contribution in [0.4, 0.5) is 16.2 Å². The van der Waals surface area contributed by atoms with E-state index in [9.17, 15) is 9.59 Å². The van der Waals surface area contributed by atoms with E-state index in [0.717, 1.165) is 30.0 Å². The SMILES string of the molecule is Cc1cccc(N2C[C@H](NC(=O)N3CCN(c4ccncc4)CC3)CC2=O)c1. The van der Waals surface area contributed by atoms with Gasteiger partial charge in [-0.15, -0.1) is 0 Å². The summed E-state index contributed by atoms with van der Waals surface area (Å²) in [5.74, 6) is 0.0541. The molecule has 0 radical (unpaired) electrons. The highest BCUT2D eigenvalue weighted by Gasteiger charge is 2.33. The number of carbonyl (C=O) groups excluding carboxylic acids is 2. The molecule has 2 aliphatic heterocycles. The molecule has 0 bridgehead atoms. The molecule has 0 spiro atoms. The second-order valence-corrected chi connectivity index (χ2v) is 7.37. The molecule has 2 aliphatic rings. The molecular weight excluding hydrogens is 354 g/mol. The molecule has 2 aromatic rings. The van der Waals surface area contributed by atoms with Crippen molar-refractivity contribution in [3.8, 4) is 0 Å². The number of rotatable bonds is 3. The van der Waals surface area contributed by atoms with Gasteiger partial charge in [-0.25, -0.2) is 4.79 Å². The maximum absolute atomic E-state index is 12.7. The van der Waals surface area contributed by atoms with Crippen LogP contribution in [0.25, 0.3) is 0 Å². The summed E-state index contributed by atoms with van der Waals surface area (Å²) in [5.41, 5.74) is 3.14. The molecule has 1 aromatic carbocycles. The highest BCUT2D eigenvalue weighted by Crippen LogP contribution is 2.23. The van der Waals surface area contributed by atoms with Crippen LogP contribution in [0, 0.1) is 6.92 Å². The van der Waals surface area contributed by atoms with Crippen LogP contribution in [-0.2, 0) is 4.79 Å². The standard InChI is InChI=1S/C21H25N5O2/c1-16-3-2-4-19(13-16)26-15-17(14-20(26)27)23-21(28)25-11-9-24(10-12-25)18-5-7-22-8-6-18/h2-8,13,17H,9-12,14-15H2,1H3,(H,23,28)/t17-/m1/s1. The Kier molecular flexibility index (Phi) is 5.14. The van der Waals surface area contributed by atoms with Gasteiger partial charge in [0.15, 0.2) is 0 Å². The zero-order chi connectivity index (χ0) is 19.5. The summed E-state index contributed by atoms with van der Waals surface area (Å²) in [6.07, 6.45) is 3.91. The average molecular weight is 379 g/mol. The van der Waals surface area contributed by atoms with Crippen LogP contribution in [-0.4, -0.2) is 60.6 Å².